The van der Waals surface area contributed by atoms with Crippen molar-refractivity contribution in [3.05, 3.63) is 0 Å². The summed E-state index contributed by atoms with van der Waals surface area (Å²) in [5.74, 6) is -1.49. The molecule has 1 aliphatic rings. The largest absolute Gasteiger partial charge is 0.480 e. The van der Waals surface area contributed by atoms with Crippen molar-refractivity contribution in [2.24, 2.45) is 0 Å². The number of hydrogen-bond acceptors (Lipinski definition) is 4. The second-order valence-corrected chi connectivity index (χ2v) is 4.55. The number of carbonyl (C=O) groups is 3. The first-order valence-corrected chi connectivity index (χ1v) is 6.08. The average molecular weight is 273 g/mol. The number of carboxylic acids is 1. The highest BCUT2D eigenvalue weighted by Crippen LogP contribution is 2.18. The van der Waals surface area contributed by atoms with Crippen molar-refractivity contribution in [3.8, 4) is 0 Å². The number of amides is 3. The molecule has 19 heavy (non-hydrogen) atoms. The third kappa shape index (κ3) is 5.56. The fourth-order valence-corrected chi connectivity index (χ4v) is 1.43. The predicted octanol–water partition coefficient (Wildman–Crippen LogP) is -1.26. The molecule has 4 N–H and O–H groups in total. The second kappa shape index (κ2) is 6.93. The van der Waals surface area contributed by atoms with Gasteiger partial charge in [-0.15, -0.1) is 0 Å². The molecular formula is C11H19N3O5. The smallest absolute Gasteiger partial charge is 0.326 e. The van der Waals surface area contributed by atoms with E-state index < -0.39 is 18.0 Å². The number of carboxylic acid groups (broad SMARTS) is 1. The lowest BCUT2D eigenvalue weighted by Gasteiger charge is -2.20. The lowest BCUT2D eigenvalue weighted by Crippen LogP contribution is -2.49. The summed E-state index contributed by atoms with van der Waals surface area (Å²) in [6.07, 6.45) is 1.83. The number of nitrogens with zero attached hydrogens (tertiary/aromatic N) is 1. The number of rotatable bonds is 7. The molecule has 1 aliphatic carbocycles. The van der Waals surface area contributed by atoms with Crippen LogP contribution in [-0.2, 0) is 9.59 Å². The Kier molecular flexibility index (Phi) is 5.56. The fraction of sp³-hybridized carbons (Fsp3) is 0.727. The number of aliphatic hydroxyl groups excluding tert-OH is 1. The molecule has 3 amide bonds. The first kappa shape index (κ1) is 15.2. The monoisotopic (exact) mass is 273 g/mol. The zero-order chi connectivity index (χ0) is 14.4. The number of likely N-dealkylation sites (N-methyl/N-ethyl adjacent to an activating group) is 1. The van der Waals surface area contributed by atoms with Crippen molar-refractivity contribution in [3.63, 3.8) is 0 Å². The van der Waals surface area contributed by atoms with E-state index in [0.29, 0.717) is 0 Å². The summed E-state index contributed by atoms with van der Waals surface area (Å²) >= 11 is 0. The van der Waals surface area contributed by atoms with Crippen LogP contribution in [0.3, 0.4) is 0 Å². The number of carbonyl (C=O) groups excluding carboxylic acids is 2. The maximum absolute atomic E-state index is 11.7. The van der Waals surface area contributed by atoms with E-state index >= 15 is 0 Å². The molecule has 8 heteroatoms. The van der Waals surface area contributed by atoms with E-state index in [1.54, 1.807) is 0 Å². The SMILES string of the molecule is CN(CC(=O)NC1CC1)C(=O)NC(CCO)C(=O)O. The van der Waals surface area contributed by atoms with Gasteiger partial charge in [0.1, 0.15) is 12.6 Å². The fourth-order valence-electron chi connectivity index (χ4n) is 1.43. The minimum Gasteiger partial charge on any atom is -0.480 e. The molecule has 0 aromatic rings. The maximum atomic E-state index is 11.7. The molecule has 0 bridgehead atoms. The molecule has 1 unspecified atom stereocenters. The topological polar surface area (TPSA) is 119 Å². The van der Waals surface area contributed by atoms with Crippen LogP contribution in [0.4, 0.5) is 4.79 Å². The van der Waals surface area contributed by atoms with E-state index in [0.717, 1.165) is 17.7 Å². The van der Waals surface area contributed by atoms with E-state index in [-0.39, 0.29) is 31.5 Å². The van der Waals surface area contributed by atoms with Gasteiger partial charge in [0.05, 0.1) is 0 Å². The van der Waals surface area contributed by atoms with Crippen molar-refractivity contribution in [2.75, 3.05) is 20.2 Å². The molecule has 8 nitrogen and oxygen atoms in total. The molecule has 0 aromatic heterocycles. The van der Waals surface area contributed by atoms with Crippen LogP contribution >= 0.6 is 0 Å². The highest BCUT2D eigenvalue weighted by molar-refractivity contribution is 5.86. The molecule has 1 saturated carbocycles. The van der Waals surface area contributed by atoms with Crippen LogP contribution in [0.2, 0.25) is 0 Å². The maximum Gasteiger partial charge on any atom is 0.326 e. The van der Waals surface area contributed by atoms with Gasteiger partial charge in [0.15, 0.2) is 0 Å². The Morgan fingerprint density at radius 3 is 2.47 bits per heavy atom. The van der Waals surface area contributed by atoms with Gasteiger partial charge in [0.25, 0.3) is 0 Å². The summed E-state index contributed by atoms with van der Waals surface area (Å²) in [6, 6.07) is -1.61. The van der Waals surface area contributed by atoms with E-state index in [1.807, 2.05) is 0 Å². The Hall–Kier alpha value is -1.83. The molecular weight excluding hydrogens is 254 g/mol. The predicted molar refractivity (Wildman–Crippen MR) is 65.5 cm³/mol. The first-order valence-electron chi connectivity index (χ1n) is 6.08. The Balaban J connectivity index is 2.36. The van der Waals surface area contributed by atoms with E-state index in [2.05, 4.69) is 10.6 Å². The third-order valence-corrected chi connectivity index (χ3v) is 2.68. The van der Waals surface area contributed by atoms with Gasteiger partial charge in [-0.2, -0.15) is 0 Å². The normalized spacial score (nSPS) is 15.5. The molecule has 0 aliphatic heterocycles. The molecule has 0 radical (unpaired) electrons. The van der Waals surface area contributed by atoms with Crippen LogP contribution < -0.4 is 10.6 Å². The van der Waals surface area contributed by atoms with Gasteiger partial charge in [0, 0.05) is 26.1 Å². The van der Waals surface area contributed by atoms with Gasteiger partial charge in [-0.25, -0.2) is 9.59 Å². The van der Waals surface area contributed by atoms with Gasteiger partial charge in [-0.05, 0) is 12.8 Å². The Morgan fingerprint density at radius 2 is 2.00 bits per heavy atom. The first-order chi connectivity index (χ1) is 8.93. The Labute approximate surface area is 110 Å². The van der Waals surface area contributed by atoms with E-state index in [1.165, 1.54) is 7.05 Å². The van der Waals surface area contributed by atoms with Gasteiger partial charge in [0.2, 0.25) is 5.91 Å². The zero-order valence-electron chi connectivity index (χ0n) is 10.8. The summed E-state index contributed by atoms with van der Waals surface area (Å²) in [4.78, 5) is 35.0. The molecule has 0 heterocycles. The zero-order valence-corrected chi connectivity index (χ0v) is 10.8. The summed E-state index contributed by atoms with van der Waals surface area (Å²) in [5.41, 5.74) is 0. The van der Waals surface area contributed by atoms with Crippen LogP contribution in [0, 0.1) is 0 Å². The van der Waals surface area contributed by atoms with Crippen molar-refractivity contribution in [2.45, 2.75) is 31.3 Å². The lowest BCUT2D eigenvalue weighted by molar-refractivity contribution is -0.139. The van der Waals surface area contributed by atoms with Gasteiger partial charge in [-0.1, -0.05) is 0 Å². The molecule has 108 valence electrons. The number of hydrogen-bond donors (Lipinski definition) is 4. The number of aliphatic hydroxyl groups is 1. The molecule has 1 rings (SSSR count). The van der Waals surface area contributed by atoms with E-state index in [9.17, 15) is 14.4 Å². The summed E-state index contributed by atoms with van der Waals surface area (Å²) in [7, 11) is 1.40. The van der Waals surface area contributed by atoms with Crippen molar-refractivity contribution in [1.29, 1.82) is 0 Å². The Bertz CT molecular complexity index is 356. The van der Waals surface area contributed by atoms with Crippen LogP contribution in [0.15, 0.2) is 0 Å². The van der Waals surface area contributed by atoms with Crippen molar-refractivity contribution >= 4 is 17.9 Å². The Morgan fingerprint density at radius 1 is 1.37 bits per heavy atom. The number of aliphatic carboxylic acids is 1. The lowest BCUT2D eigenvalue weighted by atomic mass is 10.2. The van der Waals surface area contributed by atoms with Gasteiger partial charge in [-0.3, -0.25) is 4.79 Å². The van der Waals surface area contributed by atoms with Gasteiger partial charge < -0.3 is 25.7 Å². The molecule has 0 spiro atoms. The van der Waals surface area contributed by atoms with Crippen LogP contribution in [0.1, 0.15) is 19.3 Å². The molecule has 0 saturated heterocycles. The van der Waals surface area contributed by atoms with Crippen LogP contribution in [0.5, 0.6) is 0 Å². The van der Waals surface area contributed by atoms with Crippen molar-refractivity contribution in [1.82, 2.24) is 15.5 Å². The standard InChI is InChI=1S/C11H19N3O5/c1-14(6-9(16)12-7-2-3-7)11(19)13-8(4-5-15)10(17)18/h7-8,15H,2-6H2,1H3,(H,12,16)(H,13,19)(H,17,18). The van der Waals surface area contributed by atoms with Crippen LogP contribution in [0.25, 0.3) is 0 Å². The molecule has 0 aromatic carbocycles. The van der Waals surface area contributed by atoms with E-state index in [4.69, 9.17) is 10.2 Å². The van der Waals surface area contributed by atoms with Gasteiger partial charge >= 0.3 is 12.0 Å². The minimum atomic E-state index is -1.22. The average Bonchev–Trinajstić information content (AvgIpc) is 3.11. The quantitative estimate of drug-likeness (QED) is 0.462. The minimum absolute atomic E-state index is 0.0802. The van der Waals surface area contributed by atoms with Crippen LogP contribution in [-0.4, -0.2) is 65.3 Å². The molecule has 1 atom stereocenters. The second-order valence-electron chi connectivity index (χ2n) is 4.55. The summed E-state index contributed by atoms with van der Waals surface area (Å²) < 4.78 is 0. The number of nitrogens with one attached hydrogen (secondary N) is 2. The number of urea groups is 1. The van der Waals surface area contributed by atoms with Crippen molar-refractivity contribution < 1.29 is 24.6 Å². The summed E-state index contributed by atoms with van der Waals surface area (Å²) in [5, 5.41) is 22.5. The molecule has 1 fully saturated rings. The highest BCUT2D eigenvalue weighted by Gasteiger charge is 2.25. The third-order valence-electron chi connectivity index (χ3n) is 2.68. The summed E-state index contributed by atoms with van der Waals surface area (Å²) in [6.45, 7) is -0.475. The highest BCUT2D eigenvalue weighted by atomic mass is 16.4.